The maximum atomic E-state index is 13.9. The van der Waals surface area contributed by atoms with Crippen molar-refractivity contribution in [3.63, 3.8) is 0 Å². The second-order valence-corrected chi connectivity index (χ2v) is 10.0. The molecule has 2 aliphatic heterocycles. The normalized spacial score (nSPS) is 18.5. The summed E-state index contributed by atoms with van der Waals surface area (Å²) in [6.45, 7) is 4.71. The first-order chi connectivity index (χ1) is 17.1. The summed E-state index contributed by atoms with van der Waals surface area (Å²) < 4.78 is 12.6. The summed E-state index contributed by atoms with van der Waals surface area (Å²) in [5, 5.41) is 2.31. The van der Waals surface area contributed by atoms with Gasteiger partial charge in [-0.2, -0.15) is 0 Å². The maximum Gasteiger partial charge on any atom is 0.290 e. The van der Waals surface area contributed by atoms with E-state index >= 15 is 0 Å². The second kappa shape index (κ2) is 9.22. The molecule has 1 saturated heterocycles. The van der Waals surface area contributed by atoms with Crippen molar-refractivity contribution in [3.05, 3.63) is 92.2 Å². The highest BCUT2D eigenvalue weighted by Crippen LogP contribution is 2.39. The highest BCUT2D eigenvalue weighted by molar-refractivity contribution is 9.10. The Kier molecular flexibility index (Phi) is 5.92. The number of morpholine rings is 1. The fourth-order valence-electron chi connectivity index (χ4n) is 5.29. The molecular formula is C28H25BrN2O4. The van der Waals surface area contributed by atoms with E-state index < -0.39 is 6.04 Å². The molecule has 2 aliphatic rings. The molecule has 1 amide bonds. The summed E-state index contributed by atoms with van der Waals surface area (Å²) in [5.41, 5.74) is 1.66. The topological polar surface area (TPSA) is 63.0 Å². The molecule has 0 aliphatic carbocycles. The van der Waals surface area contributed by atoms with Crippen LogP contribution in [-0.4, -0.2) is 55.1 Å². The van der Waals surface area contributed by atoms with Crippen LogP contribution in [-0.2, 0) is 4.74 Å². The Morgan fingerprint density at radius 3 is 2.57 bits per heavy atom. The van der Waals surface area contributed by atoms with Crippen LogP contribution >= 0.6 is 15.9 Å². The SMILES string of the molecule is O=C1c2oc3c(ccc4ccccc43)c(=O)c2C(c2cccc(Br)c2)N1CCCN1CCOCC1. The third-order valence-electron chi connectivity index (χ3n) is 7.00. The second-order valence-electron chi connectivity index (χ2n) is 9.10. The van der Waals surface area contributed by atoms with Crippen molar-refractivity contribution >= 4 is 43.6 Å². The van der Waals surface area contributed by atoms with Gasteiger partial charge in [0.1, 0.15) is 5.58 Å². The molecule has 3 heterocycles. The number of fused-ring (bicyclic) bond motifs is 4. The Bertz CT molecular complexity index is 1490. The summed E-state index contributed by atoms with van der Waals surface area (Å²) in [5.74, 6) is -0.0610. The fraction of sp³-hybridized carbons (Fsp3) is 0.286. The van der Waals surface area contributed by atoms with Crippen LogP contribution in [0.15, 0.2) is 74.3 Å². The van der Waals surface area contributed by atoms with E-state index in [4.69, 9.17) is 9.15 Å². The molecule has 1 unspecified atom stereocenters. The average Bonchev–Trinajstić information content (AvgIpc) is 3.16. The molecule has 1 atom stereocenters. The number of nitrogens with zero attached hydrogens (tertiary/aromatic N) is 2. The number of carbonyl (C=O) groups is 1. The number of hydrogen-bond acceptors (Lipinski definition) is 5. The van der Waals surface area contributed by atoms with Gasteiger partial charge >= 0.3 is 0 Å². The molecule has 0 spiro atoms. The average molecular weight is 533 g/mol. The van der Waals surface area contributed by atoms with Crippen LogP contribution in [0.5, 0.6) is 0 Å². The van der Waals surface area contributed by atoms with Crippen molar-refractivity contribution < 1.29 is 13.9 Å². The van der Waals surface area contributed by atoms with Gasteiger partial charge in [-0.25, -0.2) is 0 Å². The molecule has 3 aromatic carbocycles. The van der Waals surface area contributed by atoms with Gasteiger partial charge < -0.3 is 14.1 Å². The summed E-state index contributed by atoms with van der Waals surface area (Å²) in [6, 6.07) is 18.9. The highest BCUT2D eigenvalue weighted by atomic mass is 79.9. The summed E-state index contributed by atoms with van der Waals surface area (Å²) >= 11 is 3.55. The van der Waals surface area contributed by atoms with Crippen molar-refractivity contribution in [1.29, 1.82) is 0 Å². The third-order valence-corrected chi connectivity index (χ3v) is 7.49. The molecule has 7 heteroatoms. The third kappa shape index (κ3) is 3.97. The van der Waals surface area contributed by atoms with E-state index in [1.165, 1.54) is 0 Å². The Morgan fingerprint density at radius 2 is 1.74 bits per heavy atom. The Labute approximate surface area is 211 Å². The van der Waals surface area contributed by atoms with Gasteiger partial charge in [-0.1, -0.05) is 58.4 Å². The zero-order chi connectivity index (χ0) is 23.9. The predicted molar refractivity (Wildman–Crippen MR) is 139 cm³/mol. The molecule has 35 heavy (non-hydrogen) atoms. The van der Waals surface area contributed by atoms with E-state index in [9.17, 15) is 9.59 Å². The van der Waals surface area contributed by atoms with Crippen LogP contribution in [0.1, 0.15) is 34.1 Å². The lowest BCUT2D eigenvalue weighted by atomic mass is 9.97. The van der Waals surface area contributed by atoms with Crippen LogP contribution < -0.4 is 5.43 Å². The van der Waals surface area contributed by atoms with E-state index in [-0.39, 0.29) is 17.1 Å². The van der Waals surface area contributed by atoms with Crippen molar-refractivity contribution in [2.45, 2.75) is 12.5 Å². The number of benzene rings is 3. The standard InChI is InChI=1S/C28H25BrN2O4/c29-20-7-3-6-19(17-20)24-23-25(32)22-10-9-18-5-1-2-8-21(18)26(22)35-27(23)28(33)31(24)12-4-11-30-13-15-34-16-14-30/h1-3,5-10,17,24H,4,11-16H2. The molecule has 0 bridgehead atoms. The molecule has 0 saturated carbocycles. The molecular weight excluding hydrogens is 508 g/mol. The van der Waals surface area contributed by atoms with E-state index in [1.54, 1.807) is 4.90 Å². The van der Waals surface area contributed by atoms with Gasteiger partial charge in [0.2, 0.25) is 5.76 Å². The van der Waals surface area contributed by atoms with Gasteiger partial charge in [0.05, 0.1) is 30.2 Å². The molecule has 1 fully saturated rings. The van der Waals surface area contributed by atoms with Crippen molar-refractivity contribution in [2.24, 2.45) is 0 Å². The number of amides is 1. The minimum atomic E-state index is -0.480. The maximum absolute atomic E-state index is 13.9. The molecule has 0 radical (unpaired) electrons. The van der Waals surface area contributed by atoms with Crippen molar-refractivity contribution in [3.8, 4) is 0 Å². The smallest absolute Gasteiger partial charge is 0.290 e. The lowest BCUT2D eigenvalue weighted by Crippen LogP contribution is -2.38. The quantitative estimate of drug-likeness (QED) is 0.339. The Hall–Kier alpha value is -3.00. The van der Waals surface area contributed by atoms with E-state index in [0.717, 1.165) is 60.1 Å². The van der Waals surface area contributed by atoms with Crippen molar-refractivity contribution in [2.75, 3.05) is 39.4 Å². The largest absolute Gasteiger partial charge is 0.450 e. The fourth-order valence-corrected chi connectivity index (χ4v) is 5.71. The Balaban J connectivity index is 1.45. The predicted octanol–water partition coefficient (Wildman–Crippen LogP) is 4.98. The molecule has 178 valence electrons. The van der Waals surface area contributed by atoms with Gasteiger partial charge in [-0.3, -0.25) is 14.5 Å². The van der Waals surface area contributed by atoms with Gasteiger partial charge in [0.15, 0.2) is 5.43 Å². The van der Waals surface area contributed by atoms with E-state index in [2.05, 4.69) is 20.8 Å². The first kappa shape index (κ1) is 22.5. The minimum Gasteiger partial charge on any atom is -0.450 e. The van der Waals surface area contributed by atoms with Gasteiger partial charge in [-0.05, 0) is 35.6 Å². The van der Waals surface area contributed by atoms with Gasteiger partial charge in [0, 0.05) is 36.0 Å². The number of halogens is 1. The van der Waals surface area contributed by atoms with E-state index in [0.29, 0.717) is 23.1 Å². The lowest BCUT2D eigenvalue weighted by molar-refractivity contribution is 0.0353. The van der Waals surface area contributed by atoms with Crippen LogP contribution in [0.4, 0.5) is 0 Å². The Morgan fingerprint density at radius 1 is 0.914 bits per heavy atom. The number of carbonyl (C=O) groups excluding carboxylic acids is 1. The number of hydrogen-bond donors (Lipinski definition) is 0. The molecule has 4 aromatic rings. The first-order valence-corrected chi connectivity index (χ1v) is 12.8. The number of rotatable bonds is 5. The highest BCUT2D eigenvalue weighted by Gasteiger charge is 2.42. The van der Waals surface area contributed by atoms with Crippen LogP contribution in [0, 0.1) is 0 Å². The molecule has 0 N–H and O–H groups in total. The summed E-state index contributed by atoms with van der Waals surface area (Å²) in [4.78, 5) is 31.8. The van der Waals surface area contributed by atoms with Gasteiger partial charge in [0.25, 0.3) is 5.91 Å². The monoisotopic (exact) mass is 532 g/mol. The first-order valence-electron chi connectivity index (χ1n) is 12.0. The van der Waals surface area contributed by atoms with Crippen LogP contribution in [0.3, 0.4) is 0 Å². The van der Waals surface area contributed by atoms with Crippen LogP contribution in [0.25, 0.3) is 21.7 Å². The zero-order valence-electron chi connectivity index (χ0n) is 19.2. The summed E-state index contributed by atoms with van der Waals surface area (Å²) in [7, 11) is 0. The molecule has 6 rings (SSSR count). The zero-order valence-corrected chi connectivity index (χ0v) is 20.8. The lowest BCUT2D eigenvalue weighted by Gasteiger charge is -2.29. The van der Waals surface area contributed by atoms with E-state index in [1.807, 2.05) is 60.7 Å². The molecule has 1 aromatic heterocycles. The minimum absolute atomic E-state index is 0.138. The summed E-state index contributed by atoms with van der Waals surface area (Å²) in [6.07, 6.45) is 0.806. The van der Waals surface area contributed by atoms with Crippen LogP contribution in [0.2, 0.25) is 0 Å². The van der Waals surface area contributed by atoms with Crippen molar-refractivity contribution in [1.82, 2.24) is 9.80 Å². The number of ether oxygens (including phenoxy) is 1. The molecule has 6 nitrogen and oxygen atoms in total. The van der Waals surface area contributed by atoms with Gasteiger partial charge in [-0.15, -0.1) is 0 Å².